The van der Waals surface area contributed by atoms with E-state index in [4.69, 9.17) is 10.5 Å². The molecule has 1 amide bonds. The van der Waals surface area contributed by atoms with Crippen LogP contribution in [0.5, 0.6) is 0 Å². The lowest BCUT2D eigenvalue weighted by Gasteiger charge is -2.18. The minimum atomic E-state index is -0.558. The second kappa shape index (κ2) is 4.99. The summed E-state index contributed by atoms with van der Waals surface area (Å²) in [4.78, 5) is 28.9. The van der Waals surface area contributed by atoms with Crippen molar-refractivity contribution in [2.24, 2.45) is 5.73 Å². The van der Waals surface area contributed by atoms with Gasteiger partial charge in [-0.1, -0.05) is 0 Å². The molecule has 1 heterocycles. The van der Waals surface area contributed by atoms with Crippen molar-refractivity contribution in [1.29, 1.82) is 0 Å². The van der Waals surface area contributed by atoms with Crippen LogP contribution in [0.1, 0.15) is 43.5 Å². The van der Waals surface area contributed by atoms with Gasteiger partial charge >= 0.3 is 5.97 Å². The van der Waals surface area contributed by atoms with Crippen LogP contribution in [-0.2, 0) is 16.0 Å². The Labute approximate surface area is 99.6 Å². The summed E-state index contributed by atoms with van der Waals surface area (Å²) in [5, 5.41) is 0. The molecule has 0 unspecified atom stereocenters. The Balaban J connectivity index is 2.61. The summed E-state index contributed by atoms with van der Waals surface area (Å²) in [6.45, 7) is 5.34. The molecule has 0 saturated carbocycles. The van der Waals surface area contributed by atoms with E-state index in [0.717, 1.165) is 0 Å². The highest BCUT2D eigenvalue weighted by Gasteiger charge is 2.20. The Hall–Kier alpha value is -1.85. The predicted octanol–water partition coefficient (Wildman–Crippen LogP) is 0.783. The van der Waals surface area contributed by atoms with Gasteiger partial charge in [-0.05, 0) is 27.2 Å². The van der Waals surface area contributed by atoms with E-state index >= 15 is 0 Å². The summed E-state index contributed by atoms with van der Waals surface area (Å²) in [6, 6.07) is 0. The number of imidazole rings is 1. The Bertz CT molecular complexity index is 418. The number of nitrogens with zero attached hydrogens (tertiary/aromatic N) is 1. The van der Waals surface area contributed by atoms with Gasteiger partial charge in [-0.2, -0.15) is 0 Å². The first-order valence-electron chi connectivity index (χ1n) is 5.33. The molecule has 6 nitrogen and oxygen atoms in total. The maximum absolute atomic E-state index is 11.6. The van der Waals surface area contributed by atoms with E-state index in [-0.39, 0.29) is 12.2 Å². The van der Waals surface area contributed by atoms with E-state index < -0.39 is 17.5 Å². The third-order valence-electron chi connectivity index (χ3n) is 1.86. The normalized spacial score (nSPS) is 11.2. The molecule has 1 rings (SSSR count). The molecule has 94 valence electrons. The van der Waals surface area contributed by atoms with Crippen LogP contribution in [0, 0.1) is 0 Å². The maximum atomic E-state index is 11.6. The van der Waals surface area contributed by atoms with Crippen molar-refractivity contribution in [3.63, 3.8) is 0 Å². The number of hydrogen-bond donors (Lipinski definition) is 2. The molecule has 0 aliphatic rings. The SMILES string of the molecule is CC(C)(C)OC(=O)c1ncc(CCC(N)=O)[nH]1. The lowest BCUT2D eigenvalue weighted by molar-refractivity contribution is -0.118. The second-order valence-corrected chi connectivity index (χ2v) is 4.73. The van der Waals surface area contributed by atoms with Crippen LogP contribution in [0.3, 0.4) is 0 Å². The molecule has 1 aromatic rings. The molecular weight excluding hydrogens is 222 g/mol. The quantitative estimate of drug-likeness (QED) is 0.758. The topological polar surface area (TPSA) is 98.1 Å². The van der Waals surface area contributed by atoms with Gasteiger partial charge in [0.2, 0.25) is 11.7 Å². The van der Waals surface area contributed by atoms with Gasteiger partial charge in [0.1, 0.15) is 5.60 Å². The number of H-pyrrole nitrogens is 1. The van der Waals surface area contributed by atoms with Crippen molar-refractivity contribution in [2.45, 2.75) is 39.2 Å². The zero-order valence-corrected chi connectivity index (χ0v) is 10.2. The fraction of sp³-hybridized carbons (Fsp3) is 0.545. The van der Waals surface area contributed by atoms with E-state index in [9.17, 15) is 9.59 Å². The molecule has 0 atom stereocenters. The highest BCUT2D eigenvalue weighted by atomic mass is 16.6. The first-order valence-corrected chi connectivity index (χ1v) is 5.33. The number of primary amides is 1. The zero-order valence-electron chi connectivity index (χ0n) is 10.2. The number of aryl methyl sites for hydroxylation is 1. The molecule has 0 aromatic carbocycles. The van der Waals surface area contributed by atoms with Crippen molar-refractivity contribution in [2.75, 3.05) is 0 Å². The Morgan fingerprint density at radius 3 is 2.65 bits per heavy atom. The maximum Gasteiger partial charge on any atom is 0.374 e. The zero-order chi connectivity index (χ0) is 13.1. The first kappa shape index (κ1) is 13.2. The summed E-state index contributed by atoms with van der Waals surface area (Å²) in [5.74, 6) is -0.763. The number of esters is 1. The van der Waals surface area contributed by atoms with Gasteiger partial charge in [0.15, 0.2) is 0 Å². The molecule has 0 bridgehead atoms. The largest absolute Gasteiger partial charge is 0.454 e. The number of hydrogen-bond acceptors (Lipinski definition) is 4. The number of nitrogens with two attached hydrogens (primary N) is 1. The van der Waals surface area contributed by atoms with Crippen molar-refractivity contribution in [3.8, 4) is 0 Å². The molecule has 0 aliphatic heterocycles. The first-order chi connectivity index (χ1) is 7.78. The minimum Gasteiger partial charge on any atom is -0.454 e. The van der Waals surface area contributed by atoms with Crippen molar-refractivity contribution < 1.29 is 14.3 Å². The standard InChI is InChI=1S/C11H17N3O3/c1-11(2,3)17-10(16)9-13-6-7(14-9)4-5-8(12)15/h6H,4-5H2,1-3H3,(H2,12,15)(H,13,14). The minimum absolute atomic E-state index is 0.138. The lowest BCUT2D eigenvalue weighted by Crippen LogP contribution is -2.24. The third-order valence-corrected chi connectivity index (χ3v) is 1.86. The molecule has 0 spiro atoms. The number of nitrogens with one attached hydrogen (secondary N) is 1. The number of rotatable bonds is 4. The number of aromatic amines is 1. The van der Waals surface area contributed by atoms with Crippen LogP contribution in [0.2, 0.25) is 0 Å². The van der Waals surface area contributed by atoms with Crippen LogP contribution in [0.25, 0.3) is 0 Å². The van der Waals surface area contributed by atoms with Gasteiger partial charge in [-0.25, -0.2) is 9.78 Å². The Morgan fingerprint density at radius 2 is 2.12 bits per heavy atom. The fourth-order valence-electron chi connectivity index (χ4n) is 1.17. The lowest BCUT2D eigenvalue weighted by atomic mass is 10.2. The van der Waals surface area contributed by atoms with Gasteiger partial charge in [-0.3, -0.25) is 4.79 Å². The number of carbonyl (C=O) groups excluding carboxylic acids is 2. The smallest absolute Gasteiger partial charge is 0.374 e. The monoisotopic (exact) mass is 239 g/mol. The van der Waals surface area contributed by atoms with E-state index in [1.165, 1.54) is 6.20 Å². The number of ether oxygens (including phenoxy) is 1. The highest BCUT2D eigenvalue weighted by molar-refractivity contribution is 5.85. The third kappa shape index (κ3) is 4.67. The van der Waals surface area contributed by atoms with Crippen LogP contribution < -0.4 is 5.73 Å². The van der Waals surface area contributed by atoms with Crippen molar-refractivity contribution in [3.05, 3.63) is 17.7 Å². The fourth-order valence-corrected chi connectivity index (χ4v) is 1.17. The van der Waals surface area contributed by atoms with E-state index in [2.05, 4.69) is 9.97 Å². The van der Waals surface area contributed by atoms with Crippen LogP contribution in [0.15, 0.2) is 6.20 Å². The summed E-state index contributed by atoms with van der Waals surface area (Å²) in [5.41, 5.74) is 5.15. The molecule has 0 fully saturated rings. The summed E-state index contributed by atoms with van der Waals surface area (Å²) < 4.78 is 5.14. The molecule has 3 N–H and O–H groups in total. The predicted molar refractivity (Wildman–Crippen MR) is 61.3 cm³/mol. The van der Waals surface area contributed by atoms with Crippen LogP contribution >= 0.6 is 0 Å². The molecule has 0 radical (unpaired) electrons. The van der Waals surface area contributed by atoms with E-state index in [1.54, 1.807) is 20.8 Å². The van der Waals surface area contributed by atoms with E-state index in [0.29, 0.717) is 12.1 Å². The van der Waals surface area contributed by atoms with Crippen molar-refractivity contribution in [1.82, 2.24) is 9.97 Å². The molecule has 0 saturated heterocycles. The van der Waals surface area contributed by atoms with Gasteiger partial charge < -0.3 is 15.5 Å². The van der Waals surface area contributed by atoms with Gasteiger partial charge in [-0.15, -0.1) is 0 Å². The average molecular weight is 239 g/mol. The van der Waals surface area contributed by atoms with Gasteiger partial charge in [0.05, 0.1) is 0 Å². The summed E-state index contributed by atoms with van der Waals surface area (Å²) in [6.07, 6.45) is 2.16. The van der Waals surface area contributed by atoms with Gasteiger partial charge in [0, 0.05) is 18.3 Å². The summed E-state index contributed by atoms with van der Waals surface area (Å²) in [7, 11) is 0. The Morgan fingerprint density at radius 1 is 1.47 bits per heavy atom. The second-order valence-electron chi connectivity index (χ2n) is 4.73. The molecular formula is C11H17N3O3. The summed E-state index contributed by atoms with van der Waals surface area (Å²) >= 11 is 0. The van der Waals surface area contributed by atoms with Crippen molar-refractivity contribution >= 4 is 11.9 Å². The number of aromatic nitrogens is 2. The number of amides is 1. The molecule has 6 heteroatoms. The molecule has 0 aliphatic carbocycles. The van der Waals surface area contributed by atoms with Crippen LogP contribution in [0.4, 0.5) is 0 Å². The number of carbonyl (C=O) groups is 2. The molecule has 17 heavy (non-hydrogen) atoms. The van der Waals surface area contributed by atoms with E-state index in [1.807, 2.05) is 0 Å². The Kier molecular flexibility index (Phi) is 3.88. The van der Waals surface area contributed by atoms with Gasteiger partial charge in [0.25, 0.3) is 0 Å². The highest BCUT2D eigenvalue weighted by Crippen LogP contribution is 2.10. The molecule has 1 aromatic heterocycles. The average Bonchev–Trinajstić information content (AvgIpc) is 2.60. The van der Waals surface area contributed by atoms with Crippen LogP contribution in [-0.4, -0.2) is 27.4 Å².